The summed E-state index contributed by atoms with van der Waals surface area (Å²) in [5.41, 5.74) is 2.31. The van der Waals surface area contributed by atoms with Crippen LogP contribution in [-0.2, 0) is 11.3 Å². The van der Waals surface area contributed by atoms with Crippen molar-refractivity contribution in [2.75, 3.05) is 38.8 Å². The van der Waals surface area contributed by atoms with Gasteiger partial charge in [0.15, 0.2) is 0 Å². The van der Waals surface area contributed by atoms with Crippen LogP contribution in [0, 0.1) is 5.92 Å². The summed E-state index contributed by atoms with van der Waals surface area (Å²) in [5.74, 6) is 0.667. The highest BCUT2D eigenvalue weighted by molar-refractivity contribution is 5.45. The predicted octanol–water partition coefficient (Wildman–Crippen LogP) is 2.30. The average molecular weight is 265 g/mol. The van der Waals surface area contributed by atoms with E-state index in [0.29, 0.717) is 5.92 Å². The minimum atomic E-state index is 0.667. The first-order valence-electron chi connectivity index (χ1n) is 6.99. The third-order valence-corrected chi connectivity index (χ3v) is 2.94. The Balaban J connectivity index is 2.46. The van der Waals surface area contributed by atoms with Gasteiger partial charge in [-0.25, -0.2) is 0 Å². The monoisotopic (exact) mass is 265 g/mol. The Morgan fingerprint density at radius 3 is 2.89 bits per heavy atom. The van der Waals surface area contributed by atoms with Crippen LogP contribution in [0.4, 0.5) is 5.69 Å². The fourth-order valence-corrected chi connectivity index (χ4v) is 1.86. The molecule has 1 heterocycles. The number of hydrogen-bond acceptors (Lipinski definition) is 4. The molecule has 0 bridgehead atoms. The Morgan fingerprint density at radius 2 is 2.21 bits per heavy atom. The molecule has 1 N–H and O–H groups in total. The SMILES string of the molecule is COCCCN(C)c1ccnc(CNCC(C)C)c1. The molecule has 1 aromatic rings. The molecular weight excluding hydrogens is 238 g/mol. The molecule has 0 aliphatic heterocycles. The van der Waals surface area contributed by atoms with Gasteiger partial charge in [0.1, 0.15) is 0 Å². The predicted molar refractivity (Wildman–Crippen MR) is 80.5 cm³/mol. The van der Waals surface area contributed by atoms with Gasteiger partial charge in [-0.2, -0.15) is 0 Å². The molecule has 0 spiro atoms. The van der Waals surface area contributed by atoms with E-state index in [1.54, 1.807) is 7.11 Å². The van der Waals surface area contributed by atoms with Crippen molar-refractivity contribution in [3.63, 3.8) is 0 Å². The molecule has 1 aromatic heterocycles. The summed E-state index contributed by atoms with van der Waals surface area (Å²) in [6.45, 7) is 8.07. The second kappa shape index (κ2) is 8.88. The first kappa shape index (κ1) is 15.9. The summed E-state index contributed by atoms with van der Waals surface area (Å²) in [6, 6.07) is 4.21. The summed E-state index contributed by atoms with van der Waals surface area (Å²) >= 11 is 0. The second-order valence-electron chi connectivity index (χ2n) is 5.30. The van der Waals surface area contributed by atoms with Crippen molar-refractivity contribution in [3.05, 3.63) is 24.0 Å². The number of hydrogen-bond donors (Lipinski definition) is 1. The normalized spacial score (nSPS) is 11.0. The van der Waals surface area contributed by atoms with Gasteiger partial charge in [0.05, 0.1) is 5.69 Å². The van der Waals surface area contributed by atoms with Crippen molar-refractivity contribution in [2.45, 2.75) is 26.8 Å². The van der Waals surface area contributed by atoms with Crippen molar-refractivity contribution in [2.24, 2.45) is 5.92 Å². The number of ether oxygens (including phenoxy) is 1. The van der Waals surface area contributed by atoms with E-state index >= 15 is 0 Å². The average Bonchev–Trinajstić information content (AvgIpc) is 2.39. The lowest BCUT2D eigenvalue weighted by Gasteiger charge is -2.19. The first-order valence-corrected chi connectivity index (χ1v) is 6.99. The molecule has 0 aliphatic rings. The van der Waals surface area contributed by atoms with Gasteiger partial charge in [-0.15, -0.1) is 0 Å². The molecule has 19 heavy (non-hydrogen) atoms. The molecule has 0 fully saturated rings. The molecule has 4 heteroatoms. The van der Waals surface area contributed by atoms with Gasteiger partial charge in [-0.1, -0.05) is 13.8 Å². The van der Waals surface area contributed by atoms with Gasteiger partial charge in [-0.3, -0.25) is 4.98 Å². The Kier molecular flexibility index (Phi) is 7.45. The van der Waals surface area contributed by atoms with Gasteiger partial charge in [-0.05, 0) is 31.0 Å². The fourth-order valence-electron chi connectivity index (χ4n) is 1.86. The number of pyridine rings is 1. The quantitative estimate of drug-likeness (QED) is 0.695. The number of aromatic nitrogens is 1. The Bertz CT molecular complexity index is 355. The zero-order valence-corrected chi connectivity index (χ0v) is 12.6. The Morgan fingerprint density at radius 1 is 1.42 bits per heavy atom. The largest absolute Gasteiger partial charge is 0.385 e. The van der Waals surface area contributed by atoms with Crippen LogP contribution in [0.5, 0.6) is 0 Å². The van der Waals surface area contributed by atoms with E-state index in [1.165, 1.54) is 5.69 Å². The van der Waals surface area contributed by atoms with Crippen LogP contribution >= 0.6 is 0 Å². The number of rotatable bonds is 9. The number of anilines is 1. The summed E-state index contributed by atoms with van der Waals surface area (Å²) in [4.78, 5) is 6.64. The van der Waals surface area contributed by atoms with Crippen LogP contribution in [0.2, 0.25) is 0 Å². The van der Waals surface area contributed by atoms with Gasteiger partial charge in [0.2, 0.25) is 0 Å². The lowest BCUT2D eigenvalue weighted by atomic mass is 10.2. The smallest absolute Gasteiger partial charge is 0.0562 e. The molecule has 1 rings (SSSR count). The maximum atomic E-state index is 5.08. The highest BCUT2D eigenvalue weighted by Crippen LogP contribution is 2.13. The van der Waals surface area contributed by atoms with E-state index in [2.05, 4.69) is 48.2 Å². The van der Waals surface area contributed by atoms with Crippen molar-refractivity contribution < 1.29 is 4.74 Å². The molecule has 0 aromatic carbocycles. The zero-order valence-electron chi connectivity index (χ0n) is 12.6. The highest BCUT2D eigenvalue weighted by Gasteiger charge is 2.03. The minimum absolute atomic E-state index is 0.667. The first-order chi connectivity index (χ1) is 9.13. The van der Waals surface area contributed by atoms with Gasteiger partial charge in [0, 0.05) is 45.7 Å². The van der Waals surface area contributed by atoms with Crippen LogP contribution in [0.1, 0.15) is 26.0 Å². The number of nitrogens with one attached hydrogen (secondary N) is 1. The summed E-state index contributed by atoms with van der Waals surface area (Å²) in [5, 5.41) is 3.42. The van der Waals surface area contributed by atoms with E-state index in [1.807, 2.05) is 6.20 Å². The standard InChI is InChI=1S/C15H27N3O/c1-13(2)11-16-12-14-10-15(6-7-17-14)18(3)8-5-9-19-4/h6-7,10,13,16H,5,8-9,11-12H2,1-4H3. The van der Waals surface area contributed by atoms with E-state index in [0.717, 1.165) is 38.4 Å². The molecule has 0 saturated heterocycles. The van der Waals surface area contributed by atoms with Crippen molar-refractivity contribution >= 4 is 5.69 Å². The lowest BCUT2D eigenvalue weighted by Crippen LogP contribution is -2.22. The third-order valence-electron chi connectivity index (χ3n) is 2.94. The van der Waals surface area contributed by atoms with Crippen LogP contribution in [0.25, 0.3) is 0 Å². The van der Waals surface area contributed by atoms with Crippen LogP contribution in [0.3, 0.4) is 0 Å². The second-order valence-corrected chi connectivity index (χ2v) is 5.30. The topological polar surface area (TPSA) is 37.4 Å². The summed E-state index contributed by atoms with van der Waals surface area (Å²) < 4.78 is 5.08. The highest BCUT2D eigenvalue weighted by atomic mass is 16.5. The van der Waals surface area contributed by atoms with Crippen LogP contribution in [-0.4, -0.2) is 38.8 Å². The van der Waals surface area contributed by atoms with Gasteiger partial charge in [0.25, 0.3) is 0 Å². The van der Waals surface area contributed by atoms with E-state index in [-0.39, 0.29) is 0 Å². The van der Waals surface area contributed by atoms with Gasteiger partial charge >= 0.3 is 0 Å². The molecule has 0 atom stereocenters. The molecule has 0 saturated carbocycles. The Labute approximate surface area is 117 Å². The van der Waals surface area contributed by atoms with Crippen LogP contribution < -0.4 is 10.2 Å². The Hall–Kier alpha value is -1.13. The molecule has 0 radical (unpaired) electrons. The fraction of sp³-hybridized carbons (Fsp3) is 0.667. The molecular formula is C15H27N3O. The van der Waals surface area contributed by atoms with E-state index in [4.69, 9.17) is 4.74 Å². The minimum Gasteiger partial charge on any atom is -0.385 e. The lowest BCUT2D eigenvalue weighted by molar-refractivity contribution is 0.196. The van der Waals surface area contributed by atoms with E-state index < -0.39 is 0 Å². The maximum Gasteiger partial charge on any atom is 0.0562 e. The number of nitrogens with zero attached hydrogens (tertiary/aromatic N) is 2. The number of methoxy groups -OCH3 is 1. The van der Waals surface area contributed by atoms with Crippen LogP contribution in [0.15, 0.2) is 18.3 Å². The third kappa shape index (κ3) is 6.55. The molecule has 0 unspecified atom stereocenters. The van der Waals surface area contributed by atoms with Crippen molar-refractivity contribution in [3.8, 4) is 0 Å². The van der Waals surface area contributed by atoms with Gasteiger partial charge < -0.3 is 15.0 Å². The summed E-state index contributed by atoms with van der Waals surface area (Å²) in [6.07, 6.45) is 2.92. The maximum absolute atomic E-state index is 5.08. The molecule has 4 nitrogen and oxygen atoms in total. The molecule has 108 valence electrons. The van der Waals surface area contributed by atoms with Crippen molar-refractivity contribution in [1.29, 1.82) is 0 Å². The van der Waals surface area contributed by atoms with E-state index in [9.17, 15) is 0 Å². The molecule has 0 amide bonds. The summed E-state index contributed by atoms with van der Waals surface area (Å²) in [7, 11) is 3.85. The van der Waals surface area contributed by atoms with Crippen molar-refractivity contribution in [1.82, 2.24) is 10.3 Å². The zero-order chi connectivity index (χ0) is 14.1. The molecule has 0 aliphatic carbocycles.